The first-order valence-electron chi connectivity index (χ1n) is 6.36. The van der Waals surface area contributed by atoms with Crippen LogP contribution in [-0.4, -0.2) is 9.67 Å². The minimum atomic E-state index is -0.362. The SMILES string of the molecule is Cn1c(/C=C/c2cc(F)ccc2O)cc2ccccc21. The van der Waals surface area contributed by atoms with Crippen molar-refractivity contribution in [2.24, 2.45) is 7.05 Å². The number of rotatable bonds is 2. The van der Waals surface area contributed by atoms with Gasteiger partial charge in [0.05, 0.1) is 0 Å². The Balaban J connectivity index is 2.02. The molecular formula is C17H14FNO. The van der Waals surface area contributed by atoms with E-state index in [-0.39, 0.29) is 11.6 Å². The van der Waals surface area contributed by atoms with Crippen LogP contribution in [0.25, 0.3) is 23.1 Å². The van der Waals surface area contributed by atoms with Gasteiger partial charge in [-0.05, 0) is 42.5 Å². The largest absolute Gasteiger partial charge is 0.507 e. The standard InChI is InChI=1S/C17H14FNO/c1-19-15(11-12-4-2-3-5-16(12)19)8-6-13-10-14(18)7-9-17(13)20/h2-11,20H,1H3/b8-6+. The summed E-state index contributed by atoms with van der Waals surface area (Å²) in [5.74, 6) is -0.291. The van der Waals surface area contributed by atoms with Crippen molar-refractivity contribution in [1.82, 2.24) is 4.57 Å². The Morgan fingerprint density at radius 1 is 1.05 bits per heavy atom. The summed E-state index contributed by atoms with van der Waals surface area (Å²) in [5.41, 5.74) is 2.60. The fourth-order valence-corrected chi connectivity index (χ4v) is 2.30. The number of para-hydroxylation sites is 1. The lowest BCUT2D eigenvalue weighted by Crippen LogP contribution is -1.89. The third-order valence-corrected chi connectivity index (χ3v) is 3.41. The molecule has 0 fully saturated rings. The van der Waals surface area contributed by atoms with Crippen LogP contribution in [0.15, 0.2) is 48.5 Å². The molecule has 100 valence electrons. The van der Waals surface area contributed by atoms with Crippen molar-refractivity contribution in [1.29, 1.82) is 0 Å². The van der Waals surface area contributed by atoms with Gasteiger partial charge in [0.2, 0.25) is 0 Å². The summed E-state index contributed by atoms with van der Waals surface area (Å²) >= 11 is 0. The highest BCUT2D eigenvalue weighted by atomic mass is 19.1. The number of halogens is 1. The molecule has 0 amide bonds. The number of hydrogen-bond acceptors (Lipinski definition) is 1. The molecule has 1 N–H and O–H groups in total. The summed E-state index contributed by atoms with van der Waals surface area (Å²) in [6.07, 6.45) is 3.58. The molecule has 0 saturated carbocycles. The third-order valence-electron chi connectivity index (χ3n) is 3.41. The van der Waals surface area contributed by atoms with Gasteiger partial charge >= 0.3 is 0 Å². The molecule has 3 rings (SSSR count). The Bertz CT molecular complexity index is 802. The van der Waals surface area contributed by atoms with E-state index in [1.54, 1.807) is 6.08 Å². The predicted molar refractivity (Wildman–Crippen MR) is 79.9 cm³/mol. The van der Waals surface area contributed by atoms with Crippen LogP contribution < -0.4 is 0 Å². The first-order chi connectivity index (χ1) is 9.65. The highest BCUT2D eigenvalue weighted by Crippen LogP contribution is 2.23. The second kappa shape index (κ2) is 4.85. The normalized spacial score (nSPS) is 11.5. The third kappa shape index (κ3) is 2.18. The van der Waals surface area contributed by atoms with E-state index < -0.39 is 0 Å². The van der Waals surface area contributed by atoms with Crippen LogP contribution in [0, 0.1) is 5.82 Å². The quantitative estimate of drug-likeness (QED) is 0.739. The number of nitrogens with zero attached hydrogens (tertiary/aromatic N) is 1. The van der Waals surface area contributed by atoms with Gasteiger partial charge in [-0.2, -0.15) is 0 Å². The molecule has 2 aromatic carbocycles. The van der Waals surface area contributed by atoms with Gasteiger partial charge in [0, 0.05) is 29.2 Å². The minimum absolute atomic E-state index is 0.0708. The second-order valence-electron chi connectivity index (χ2n) is 4.72. The van der Waals surface area contributed by atoms with Crippen LogP contribution in [0.1, 0.15) is 11.3 Å². The van der Waals surface area contributed by atoms with E-state index >= 15 is 0 Å². The van der Waals surface area contributed by atoms with Crippen LogP contribution in [-0.2, 0) is 7.05 Å². The van der Waals surface area contributed by atoms with E-state index in [1.807, 2.05) is 37.4 Å². The van der Waals surface area contributed by atoms with Crippen LogP contribution >= 0.6 is 0 Å². The lowest BCUT2D eigenvalue weighted by molar-refractivity contribution is 0.472. The smallest absolute Gasteiger partial charge is 0.124 e. The fraction of sp³-hybridized carbons (Fsp3) is 0.0588. The molecule has 0 radical (unpaired) electrons. The first-order valence-corrected chi connectivity index (χ1v) is 6.36. The maximum atomic E-state index is 13.2. The summed E-state index contributed by atoms with van der Waals surface area (Å²) in [6, 6.07) is 14.1. The van der Waals surface area contributed by atoms with Crippen molar-refractivity contribution >= 4 is 23.1 Å². The number of fused-ring (bicyclic) bond motifs is 1. The number of hydrogen-bond donors (Lipinski definition) is 1. The van der Waals surface area contributed by atoms with Crippen molar-refractivity contribution in [2.75, 3.05) is 0 Å². The highest BCUT2D eigenvalue weighted by molar-refractivity contribution is 5.85. The molecule has 0 aliphatic carbocycles. The average molecular weight is 267 g/mol. The minimum Gasteiger partial charge on any atom is -0.507 e. The zero-order valence-electron chi connectivity index (χ0n) is 11.0. The van der Waals surface area contributed by atoms with Gasteiger partial charge in [-0.15, -0.1) is 0 Å². The maximum absolute atomic E-state index is 13.2. The van der Waals surface area contributed by atoms with E-state index in [2.05, 4.69) is 10.6 Å². The number of aromatic hydroxyl groups is 1. The second-order valence-corrected chi connectivity index (χ2v) is 4.72. The molecule has 20 heavy (non-hydrogen) atoms. The Kier molecular flexibility index (Phi) is 3.03. The van der Waals surface area contributed by atoms with Gasteiger partial charge in [-0.1, -0.05) is 18.2 Å². The zero-order valence-corrected chi connectivity index (χ0v) is 11.0. The van der Waals surface area contributed by atoms with Crippen molar-refractivity contribution in [3.8, 4) is 5.75 Å². The maximum Gasteiger partial charge on any atom is 0.124 e. The lowest BCUT2D eigenvalue weighted by Gasteiger charge is -2.01. The molecule has 1 aromatic heterocycles. The van der Waals surface area contributed by atoms with Crippen LogP contribution in [0.3, 0.4) is 0 Å². The topological polar surface area (TPSA) is 25.2 Å². The molecule has 3 aromatic rings. The Labute approximate surface area is 116 Å². The van der Waals surface area contributed by atoms with Gasteiger partial charge in [0.15, 0.2) is 0 Å². The summed E-state index contributed by atoms with van der Waals surface area (Å²) in [6.45, 7) is 0. The molecule has 0 atom stereocenters. The Hall–Kier alpha value is -2.55. The molecule has 3 heteroatoms. The van der Waals surface area contributed by atoms with Crippen molar-refractivity contribution in [3.05, 3.63) is 65.6 Å². The molecule has 1 heterocycles. The molecule has 0 bridgehead atoms. The fourth-order valence-electron chi connectivity index (χ4n) is 2.30. The van der Waals surface area contributed by atoms with Crippen LogP contribution in [0.2, 0.25) is 0 Å². The van der Waals surface area contributed by atoms with Crippen LogP contribution in [0.4, 0.5) is 4.39 Å². The summed E-state index contributed by atoms with van der Waals surface area (Å²) in [7, 11) is 1.98. The number of phenols is 1. The number of benzene rings is 2. The first kappa shape index (κ1) is 12.5. The molecule has 0 unspecified atom stereocenters. The molecule has 0 spiro atoms. The lowest BCUT2D eigenvalue weighted by atomic mass is 10.1. The van der Waals surface area contributed by atoms with Gasteiger partial charge in [-0.3, -0.25) is 0 Å². The van der Waals surface area contributed by atoms with Gasteiger partial charge in [-0.25, -0.2) is 4.39 Å². The van der Waals surface area contributed by atoms with Gasteiger partial charge in [0.1, 0.15) is 11.6 Å². The highest BCUT2D eigenvalue weighted by Gasteiger charge is 2.03. The summed E-state index contributed by atoms with van der Waals surface area (Å²) in [4.78, 5) is 0. The van der Waals surface area contributed by atoms with Gasteiger partial charge in [0.25, 0.3) is 0 Å². The summed E-state index contributed by atoms with van der Waals surface area (Å²) in [5, 5.41) is 10.8. The number of aromatic nitrogens is 1. The Morgan fingerprint density at radius 3 is 2.65 bits per heavy atom. The van der Waals surface area contributed by atoms with E-state index in [1.165, 1.54) is 18.2 Å². The Morgan fingerprint density at radius 2 is 1.85 bits per heavy atom. The van der Waals surface area contributed by atoms with Crippen molar-refractivity contribution in [2.45, 2.75) is 0 Å². The molecule has 2 nitrogen and oxygen atoms in total. The average Bonchev–Trinajstić information content (AvgIpc) is 2.77. The monoisotopic (exact) mass is 267 g/mol. The number of phenolic OH excluding ortho intramolecular Hbond substituents is 1. The predicted octanol–water partition coefficient (Wildman–Crippen LogP) is 4.19. The zero-order chi connectivity index (χ0) is 14.1. The van der Waals surface area contributed by atoms with E-state index in [9.17, 15) is 9.50 Å². The molecular weight excluding hydrogens is 253 g/mol. The van der Waals surface area contributed by atoms with E-state index in [4.69, 9.17) is 0 Å². The summed E-state index contributed by atoms with van der Waals surface area (Å²) < 4.78 is 15.2. The van der Waals surface area contributed by atoms with E-state index in [0.717, 1.165) is 16.6 Å². The molecule has 0 saturated heterocycles. The molecule has 0 aliphatic heterocycles. The van der Waals surface area contributed by atoms with E-state index in [0.29, 0.717) is 5.56 Å². The van der Waals surface area contributed by atoms with Crippen molar-refractivity contribution in [3.63, 3.8) is 0 Å². The molecule has 0 aliphatic rings. The van der Waals surface area contributed by atoms with Gasteiger partial charge < -0.3 is 9.67 Å². The number of aryl methyl sites for hydroxylation is 1. The van der Waals surface area contributed by atoms with Crippen molar-refractivity contribution < 1.29 is 9.50 Å². The van der Waals surface area contributed by atoms with Crippen LogP contribution in [0.5, 0.6) is 5.75 Å².